The Morgan fingerprint density at radius 2 is 1.96 bits per heavy atom. The molecule has 0 heterocycles. The molecule has 1 aliphatic carbocycles. The maximum absolute atomic E-state index is 13.8. The molecule has 0 aliphatic heterocycles. The first-order valence-electron chi connectivity index (χ1n) is 8.50. The van der Waals surface area contributed by atoms with Gasteiger partial charge in [0.25, 0.3) is 0 Å². The van der Waals surface area contributed by atoms with E-state index in [9.17, 15) is 17.6 Å². The molecule has 25 heavy (non-hydrogen) atoms. The summed E-state index contributed by atoms with van der Waals surface area (Å²) in [6.07, 6.45) is 7.39. The molecule has 5 nitrogen and oxygen atoms in total. The van der Waals surface area contributed by atoms with E-state index in [4.69, 9.17) is 0 Å². The Balaban J connectivity index is 2.10. The van der Waals surface area contributed by atoms with Crippen molar-refractivity contribution >= 4 is 27.7 Å². The Hall–Kier alpha value is -1.12. The number of halogens is 1. The van der Waals surface area contributed by atoms with Gasteiger partial charge in [0, 0.05) is 6.04 Å². The molecule has 1 fully saturated rings. The van der Waals surface area contributed by atoms with Crippen molar-refractivity contribution in [2.75, 3.05) is 12.0 Å². The minimum Gasteiger partial charge on any atom is -0.352 e. The number of amides is 1. The Kier molecular flexibility index (Phi) is 7.71. The molecule has 1 amide bonds. The molecule has 0 spiro atoms. The number of nitrogens with one attached hydrogen (secondary N) is 2. The van der Waals surface area contributed by atoms with Crippen molar-refractivity contribution in [3.63, 3.8) is 0 Å². The van der Waals surface area contributed by atoms with Crippen molar-refractivity contribution in [3.8, 4) is 0 Å². The number of sulfonamides is 1. The van der Waals surface area contributed by atoms with Crippen LogP contribution >= 0.6 is 11.8 Å². The summed E-state index contributed by atoms with van der Waals surface area (Å²) < 4.78 is 41.2. The topological polar surface area (TPSA) is 75.3 Å². The van der Waals surface area contributed by atoms with E-state index in [2.05, 4.69) is 10.0 Å². The summed E-state index contributed by atoms with van der Waals surface area (Å²) in [5, 5.41) is 2.95. The van der Waals surface area contributed by atoms with Gasteiger partial charge in [-0.15, -0.1) is 0 Å². The van der Waals surface area contributed by atoms with Crippen molar-refractivity contribution in [1.29, 1.82) is 0 Å². The van der Waals surface area contributed by atoms with Crippen LogP contribution in [0.4, 0.5) is 4.39 Å². The molecule has 0 radical (unpaired) electrons. The first kappa shape index (κ1) is 20.2. The molecule has 1 aromatic rings. The number of thioether (sulfide) groups is 1. The largest absolute Gasteiger partial charge is 0.352 e. The quantitative estimate of drug-likeness (QED) is 0.718. The summed E-state index contributed by atoms with van der Waals surface area (Å²) in [7, 11) is -4.10. The third kappa shape index (κ3) is 5.97. The van der Waals surface area contributed by atoms with Crippen LogP contribution in [0.2, 0.25) is 0 Å². The maximum Gasteiger partial charge on any atom is 0.244 e. The van der Waals surface area contributed by atoms with E-state index in [1.807, 2.05) is 6.26 Å². The van der Waals surface area contributed by atoms with Crippen LogP contribution in [0.5, 0.6) is 0 Å². The third-order valence-electron chi connectivity index (χ3n) is 4.30. The summed E-state index contributed by atoms with van der Waals surface area (Å²) in [5.74, 6) is -0.533. The van der Waals surface area contributed by atoms with E-state index < -0.39 is 26.8 Å². The fourth-order valence-corrected chi connectivity index (χ4v) is 4.72. The summed E-state index contributed by atoms with van der Waals surface area (Å²) in [5.41, 5.74) is 0. The van der Waals surface area contributed by atoms with E-state index in [1.165, 1.54) is 36.4 Å². The average Bonchev–Trinajstić information content (AvgIpc) is 2.59. The highest BCUT2D eigenvalue weighted by Gasteiger charge is 2.28. The van der Waals surface area contributed by atoms with E-state index in [-0.39, 0.29) is 11.9 Å². The van der Waals surface area contributed by atoms with Crippen LogP contribution in [0, 0.1) is 5.82 Å². The summed E-state index contributed by atoms with van der Waals surface area (Å²) in [4.78, 5) is 12.1. The second-order valence-electron chi connectivity index (χ2n) is 6.23. The van der Waals surface area contributed by atoms with Gasteiger partial charge in [0.15, 0.2) is 0 Å². The molecule has 1 unspecified atom stereocenters. The van der Waals surface area contributed by atoms with Crippen LogP contribution in [-0.2, 0) is 14.8 Å². The van der Waals surface area contributed by atoms with Gasteiger partial charge < -0.3 is 5.32 Å². The predicted molar refractivity (Wildman–Crippen MR) is 98.5 cm³/mol. The van der Waals surface area contributed by atoms with Gasteiger partial charge in [-0.3, -0.25) is 4.79 Å². The lowest BCUT2D eigenvalue weighted by Crippen LogP contribution is -2.50. The second kappa shape index (κ2) is 9.54. The normalized spacial score (nSPS) is 17.2. The van der Waals surface area contributed by atoms with Crippen LogP contribution in [0.3, 0.4) is 0 Å². The maximum atomic E-state index is 13.8. The molecular formula is C17H25FN2O3S2. The third-order valence-corrected chi connectivity index (χ3v) is 6.45. The number of carbonyl (C=O) groups is 1. The molecule has 1 aromatic carbocycles. The van der Waals surface area contributed by atoms with Gasteiger partial charge in [-0.2, -0.15) is 16.5 Å². The van der Waals surface area contributed by atoms with Crippen LogP contribution in [0.1, 0.15) is 38.5 Å². The van der Waals surface area contributed by atoms with Crippen molar-refractivity contribution in [2.24, 2.45) is 0 Å². The van der Waals surface area contributed by atoms with Crippen molar-refractivity contribution in [2.45, 2.75) is 55.5 Å². The van der Waals surface area contributed by atoms with Crippen LogP contribution in [-0.4, -0.2) is 38.4 Å². The van der Waals surface area contributed by atoms with Crippen LogP contribution in [0.15, 0.2) is 29.2 Å². The number of benzene rings is 1. The SMILES string of the molecule is CSCCC(NS(=O)(=O)c1ccccc1F)C(=O)NC1CCCCC1. The minimum atomic E-state index is -4.10. The van der Waals surface area contributed by atoms with Crippen LogP contribution in [0.25, 0.3) is 0 Å². The van der Waals surface area contributed by atoms with E-state index >= 15 is 0 Å². The molecule has 1 saturated carbocycles. The molecule has 0 saturated heterocycles. The van der Waals surface area contributed by atoms with Crippen molar-refractivity contribution < 1.29 is 17.6 Å². The second-order valence-corrected chi connectivity index (χ2v) is 8.90. The Morgan fingerprint density at radius 1 is 1.28 bits per heavy atom. The molecule has 0 aromatic heterocycles. The monoisotopic (exact) mass is 388 g/mol. The van der Waals surface area contributed by atoms with E-state index in [0.717, 1.165) is 31.7 Å². The van der Waals surface area contributed by atoms with Gasteiger partial charge >= 0.3 is 0 Å². The van der Waals surface area contributed by atoms with Gasteiger partial charge in [-0.05, 0) is 43.4 Å². The summed E-state index contributed by atoms with van der Waals surface area (Å²) in [6, 6.07) is 4.36. The molecule has 1 aliphatic rings. The van der Waals surface area contributed by atoms with Gasteiger partial charge in [-0.1, -0.05) is 31.4 Å². The highest BCUT2D eigenvalue weighted by molar-refractivity contribution is 7.98. The van der Waals surface area contributed by atoms with Gasteiger partial charge in [0.2, 0.25) is 15.9 Å². The Bertz CT molecular complexity index is 676. The first-order chi connectivity index (χ1) is 11.9. The number of hydrogen-bond acceptors (Lipinski definition) is 4. The van der Waals surface area contributed by atoms with E-state index in [0.29, 0.717) is 12.2 Å². The lowest BCUT2D eigenvalue weighted by molar-refractivity contribution is -0.123. The fourth-order valence-electron chi connectivity index (χ4n) is 2.94. The Morgan fingerprint density at radius 3 is 2.60 bits per heavy atom. The zero-order chi connectivity index (χ0) is 18.3. The zero-order valence-electron chi connectivity index (χ0n) is 14.3. The number of carbonyl (C=O) groups excluding carboxylic acids is 1. The fraction of sp³-hybridized carbons (Fsp3) is 0.588. The molecule has 2 N–H and O–H groups in total. The molecule has 8 heteroatoms. The predicted octanol–water partition coefficient (Wildman–Crippen LogP) is 2.67. The molecule has 1 atom stereocenters. The zero-order valence-corrected chi connectivity index (χ0v) is 16.0. The summed E-state index contributed by atoms with van der Waals surface area (Å²) >= 11 is 1.53. The van der Waals surface area contributed by atoms with Crippen molar-refractivity contribution in [1.82, 2.24) is 10.0 Å². The van der Waals surface area contributed by atoms with Gasteiger partial charge in [0.1, 0.15) is 16.8 Å². The van der Waals surface area contributed by atoms with E-state index in [1.54, 1.807) is 0 Å². The van der Waals surface area contributed by atoms with Crippen LogP contribution < -0.4 is 10.0 Å². The molecular weight excluding hydrogens is 363 g/mol. The Labute approximate surface area is 153 Å². The van der Waals surface area contributed by atoms with Gasteiger partial charge in [-0.25, -0.2) is 12.8 Å². The lowest BCUT2D eigenvalue weighted by Gasteiger charge is -2.26. The average molecular weight is 389 g/mol. The minimum absolute atomic E-state index is 0.0935. The number of rotatable bonds is 8. The lowest BCUT2D eigenvalue weighted by atomic mass is 9.95. The highest BCUT2D eigenvalue weighted by atomic mass is 32.2. The molecule has 0 bridgehead atoms. The summed E-state index contributed by atoms with van der Waals surface area (Å²) in [6.45, 7) is 0. The molecule has 140 valence electrons. The first-order valence-corrected chi connectivity index (χ1v) is 11.4. The smallest absolute Gasteiger partial charge is 0.244 e. The molecule has 2 rings (SSSR count). The van der Waals surface area contributed by atoms with Gasteiger partial charge in [0.05, 0.1) is 0 Å². The standard InChI is InChI=1S/C17H25FN2O3S2/c1-24-12-11-15(17(21)19-13-7-3-2-4-8-13)20-25(22,23)16-10-6-5-9-14(16)18/h5-6,9-10,13,15,20H,2-4,7-8,11-12H2,1H3,(H,19,21). The number of hydrogen-bond donors (Lipinski definition) is 2. The highest BCUT2D eigenvalue weighted by Crippen LogP contribution is 2.18. The van der Waals surface area contributed by atoms with Crippen molar-refractivity contribution in [3.05, 3.63) is 30.1 Å².